The molecule has 0 saturated carbocycles. The molecule has 0 spiro atoms. The number of aromatic amines is 1. The second-order valence-electron chi connectivity index (χ2n) is 4.29. The number of halogens is 1. The van der Waals surface area contributed by atoms with Crippen molar-refractivity contribution in [1.82, 2.24) is 15.5 Å². The summed E-state index contributed by atoms with van der Waals surface area (Å²) in [6.45, 7) is 1.11. The molecular formula is C14H19ClN4O2. The van der Waals surface area contributed by atoms with E-state index in [1.807, 2.05) is 24.3 Å². The smallest absolute Gasteiger partial charge is 0.255 e. The van der Waals surface area contributed by atoms with Gasteiger partial charge in [-0.25, -0.2) is 0 Å². The number of hydrogen-bond donors (Lipinski definition) is 3. The summed E-state index contributed by atoms with van der Waals surface area (Å²) in [5, 5.41) is 9.62. The normalized spacial score (nSPS) is 9.81. The number of carbonyl (C=O) groups is 1. The Hall–Kier alpha value is -2.05. The van der Waals surface area contributed by atoms with Crippen LogP contribution in [0.4, 0.5) is 0 Å². The highest BCUT2D eigenvalue weighted by Crippen LogP contribution is 2.23. The maximum absolute atomic E-state index is 12.1. The van der Waals surface area contributed by atoms with E-state index in [1.54, 1.807) is 7.11 Å². The maximum Gasteiger partial charge on any atom is 0.255 e. The fraction of sp³-hybridized carbons (Fsp3) is 0.286. The molecule has 0 radical (unpaired) electrons. The molecule has 114 valence electrons. The molecule has 2 rings (SSSR count). The molecule has 1 aromatic heterocycles. The Morgan fingerprint density at radius 1 is 1.38 bits per heavy atom. The van der Waals surface area contributed by atoms with Crippen LogP contribution in [0.3, 0.4) is 0 Å². The molecule has 0 fully saturated rings. The van der Waals surface area contributed by atoms with Gasteiger partial charge >= 0.3 is 0 Å². The first-order valence-electron chi connectivity index (χ1n) is 6.42. The zero-order chi connectivity index (χ0) is 14.4. The highest BCUT2D eigenvalue weighted by atomic mass is 35.5. The number of ether oxygens (including phenoxy) is 1. The average molecular weight is 311 g/mol. The summed E-state index contributed by atoms with van der Waals surface area (Å²) in [7, 11) is 1.61. The van der Waals surface area contributed by atoms with E-state index >= 15 is 0 Å². The summed E-state index contributed by atoms with van der Waals surface area (Å²) in [6.07, 6.45) is 2.28. The lowest BCUT2D eigenvalue weighted by atomic mass is 10.1. The van der Waals surface area contributed by atoms with E-state index in [-0.39, 0.29) is 18.3 Å². The van der Waals surface area contributed by atoms with E-state index < -0.39 is 0 Å². The summed E-state index contributed by atoms with van der Waals surface area (Å²) in [5.74, 6) is 0.611. The lowest BCUT2D eigenvalue weighted by molar-refractivity contribution is 0.0954. The van der Waals surface area contributed by atoms with E-state index in [9.17, 15) is 4.79 Å². The molecular weight excluding hydrogens is 292 g/mol. The summed E-state index contributed by atoms with van der Waals surface area (Å²) in [5.41, 5.74) is 7.49. The van der Waals surface area contributed by atoms with Gasteiger partial charge in [0.1, 0.15) is 5.75 Å². The number of amides is 1. The predicted octanol–water partition coefficient (Wildman–Crippen LogP) is 1.59. The number of nitrogens with zero attached hydrogens (tertiary/aromatic N) is 1. The van der Waals surface area contributed by atoms with Crippen molar-refractivity contribution in [3.05, 3.63) is 36.0 Å². The summed E-state index contributed by atoms with van der Waals surface area (Å²) < 4.78 is 5.11. The Bertz CT molecular complexity index is 569. The van der Waals surface area contributed by atoms with Crippen molar-refractivity contribution in [1.29, 1.82) is 0 Å². The van der Waals surface area contributed by atoms with Gasteiger partial charge in [0.25, 0.3) is 5.91 Å². The summed E-state index contributed by atoms with van der Waals surface area (Å²) in [4.78, 5) is 12.1. The molecule has 0 aliphatic rings. The SMILES string of the molecule is COc1ccc(-c2[nH]ncc2C(=O)NCCCN)cc1.Cl. The Labute approximate surface area is 129 Å². The molecule has 1 heterocycles. The van der Waals surface area contributed by atoms with E-state index in [4.69, 9.17) is 10.5 Å². The largest absolute Gasteiger partial charge is 0.497 e. The monoisotopic (exact) mass is 310 g/mol. The van der Waals surface area contributed by atoms with E-state index in [2.05, 4.69) is 15.5 Å². The molecule has 0 atom stereocenters. The number of benzene rings is 1. The summed E-state index contributed by atoms with van der Waals surface area (Å²) in [6, 6.07) is 7.44. The minimum absolute atomic E-state index is 0. The standard InChI is InChI=1S/C14H18N4O2.ClH/c1-20-11-5-3-10(4-6-11)13-12(9-17-18-13)14(19)16-8-2-7-15;/h3-6,9H,2,7-8,15H2,1H3,(H,16,19)(H,17,18);1H. The van der Waals surface area contributed by atoms with Crippen LogP contribution in [-0.2, 0) is 0 Å². The number of carbonyl (C=O) groups excluding carboxylic acids is 1. The van der Waals surface area contributed by atoms with Crippen molar-refractivity contribution in [2.75, 3.05) is 20.2 Å². The minimum atomic E-state index is -0.155. The Kier molecular flexibility index (Phi) is 6.71. The van der Waals surface area contributed by atoms with E-state index in [0.717, 1.165) is 17.7 Å². The number of H-pyrrole nitrogens is 1. The van der Waals surface area contributed by atoms with Gasteiger partial charge < -0.3 is 15.8 Å². The molecule has 21 heavy (non-hydrogen) atoms. The number of nitrogens with one attached hydrogen (secondary N) is 2. The van der Waals surface area contributed by atoms with Gasteiger partial charge in [0, 0.05) is 12.1 Å². The third-order valence-corrected chi connectivity index (χ3v) is 2.93. The molecule has 0 unspecified atom stereocenters. The van der Waals surface area contributed by atoms with E-state index in [1.165, 1.54) is 6.20 Å². The number of rotatable bonds is 6. The van der Waals surface area contributed by atoms with Crippen molar-refractivity contribution in [3.8, 4) is 17.0 Å². The Morgan fingerprint density at radius 3 is 2.71 bits per heavy atom. The fourth-order valence-corrected chi connectivity index (χ4v) is 1.84. The van der Waals surface area contributed by atoms with Gasteiger partial charge in [0.15, 0.2) is 0 Å². The van der Waals surface area contributed by atoms with Crippen LogP contribution in [0.5, 0.6) is 5.75 Å². The first-order chi connectivity index (χ1) is 9.76. The molecule has 1 amide bonds. The molecule has 0 bridgehead atoms. The second kappa shape index (κ2) is 8.28. The van der Waals surface area contributed by atoms with Crippen LogP contribution in [0.25, 0.3) is 11.3 Å². The van der Waals surface area contributed by atoms with Gasteiger partial charge in [0.05, 0.1) is 24.6 Å². The first kappa shape index (κ1) is 17.0. The van der Waals surface area contributed by atoms with Crippen molar-refractivity contribution in [3.63, 3.8) is 0 Å². The number of methoxy groups -OCH3 is 1. The lowest BCUT2D eigenvalue weighted by Gasteiger charge is -2.06. The van der Waals surface area contributed by atoms with Gasteiger partial charge in [-0.3, -0.25) is 9.89 Å². The highest BCUT2D eigenvalue weighted by Gasteiger charge is 2.14. The predicted molar refractivity (Wildman–Crippen MR) is 83.8 cm³/mol. The van der Waals surface area contributed by atoms with Crippen molar-refractivity contribution in [2.24, 2.45) is 5.73 Å². The average Bonchev–Trinajstić information content (AvgIpc) is 2.97. The fourth-order valence-electron chi connectivity index (χ4n) is 1.84. The van der Waals surface area contributed by atoms with Crippen LogP contribution in [0.2, 0.25) is 0 Å². The highest BCUT2D eigenvalue weighted by molar-refractivity contribution is 5.99. The molecule has 6 nitrogen and oxygen atoms in total. The minimum Gasteiger partial charge on any atom is -0.497 e. The number of aromatic nitrogens is 2. The van der Waals surface area contributed by atoms with Gasteiger partial charge in [0.2, 0.25) is 0 Å². The topological polar surface area (TPSA) is 93.0 Å². The van der Waals surface area contributed by atoms with Gasteiger partial charge in [-0.15, -0.1) is 12.4 Å². The molecule has 0 aliphatic heterocycles. The zero-order valence-corrected chi connectivity index (χ0v) is 12.6. The zero-order valence-electron chi connectivity index (χ0n) is 11.8. The first-order valence-corrected chi connectivity index (χ1v) is 6.42. The quantitative estimate of drug-likeness (QED) is 0.706. The molecule has 2 aromatic rings. The maximum atomic E-state index is 12.1. The molecule has 0 saturated heterocycles. The summed E-state index contributed by atoms with van der Waals surface area (Å²) >= 11 is 0. The van der Waals surface area contributed by atoms with Crippen molar-refractivity contribution < 1.29 is 9.53 Å². The van der Waals surface area contributed by atoms with Crippen molar-refractivity contribution >= 4 is 18.3 Å². The molecule has 7 heteroatoms. The Balaban J connectivity index is 0.00000220. The van der Waals surface area contributed by atoms with Crippen LogP contribution < -0.4 is 15.8 Å². The number of nitrogens with two attached hydrogens (primary N) is 1. The van der Waals surface area contributed by atoms with Gasteiger partial charge in [-0.1, -0.05) is 0 Å². The Morgan fingerprint density at radius 2 is 2.10 bits per heavy atom. The van der Waals surface area contributed by atoms with Gasteiger partial charge in [-0.05, 0) is 37.2 Å². The van der Waals surface area contributed by atoms with Crippen LogP contribution in [0, 0.1) is 0 Å². The van der Waals surface area contributed by atoms with Crippen LogP contribution in [0.15, 0.2) is 30.5 Å². The number of hydrogen-bond acceptors (Lipinski definition) is 4. The van der Waals surface area contributed by atoms with Crippen LogP contribution in [0.1, 0.15) is 16.8 Å². The van der Waals surface area contributed by atoms with Crippen LogP contribution in [-0.4, -0.2) is 36.3 Å². The third kappa shape index (κ3) is 4.21. The van der Waals surface area contributed by atoms with Crippen LogP contribution >= 0.6 is 12.4 Å². The molecule has 0 aliphatic carbocycles. The molecule has 4 N–H and O–H groups in total. The lowest BCUT2D eigenvalue weighted by Crippen LogP contribution is -2.26. The van der Waals surface area contributed by atoms with Crippen molar-refractivity contribution in [2.45, 2.75) is 6.42 Å². The van der Waals surface area contributed by atoms with Gasteiger partial charge in [-0.2, -0.15) is 5.10 Å². The molecule has 1 aromatic carbocycles. The second-order valence-corrected chi connectivity index (χ2v) is 4.29. The third-order valence-electron chi connectivity index (χ3n) is 2.93. The van der Waals surface area contributed by atoms with E-state index in [0.29, 0.717) is 24.3 Å².